The lowest BCUT2D eigenvalue weighted by atomic mass is 10.2. The Morgan fingerprint density at radius 1 is 1.42 bits per heavy atom. The van der Waals surface area contributed by atoms with Crippen molar-refractivity contribution >= 4 is 18.3 Å². The minimum atomic E-state index is -0.436. The number of halogens is 2. The van der Waals surface area contributed by atoms with E-state index in [4.69, 9.17) is 4.74 Å². The van der Waals surface area contributed by atoms with Crippen LogP contribution in [-0.2, 0) is 4.79 Å². The predicted molar refractivity (Wildman–Crippen MR) is 73.3 cm³/mol. The Morgan fingerprint density at radius 2 is 2.11 bits per heavy atom. The first-order chi connectivity index (χ1) is 8.66. The van der Waals surface area contributed by atoms with E-state index in [0.29, 0.717) is 13.1 Å². The van der Waals surface area contributed by atoms with Crippen LogP contribution in [0.2, 0.25) is 0 Å². The molecule has 2 rings (SSSR count). The van der Waals surface area contributed by atoms with Crippen LogP contribution < -0.4 is 10.1 Å². The summed E-state index contributed by atoms with van der Waals surface area (Å²) in [6, 6.07) is 4.61. The minimum Gasteiger partial charge on any atom is -0.481 e. The van der Waals surface area contributed by atoms with E-state index in [1.807, 2.05) is 6.92 Å². The molecule has 0 radical (unpaired) electrons. The summed E-state index contributed by atoms with van der Waals surface area (Å²) in [4.78, 5) is 13.5. The number of piperazine rings is 1. The maximum atomic E-state index is 13.4. The molecule has 0 atom stereocenters. The van der Waals surface area contributed by atoms with Gasteiger partial charge in [-0.1, -0.05) is 6.07 Å². The van der Waals surface area contributed by atoms with Gasteiger partial charge in [-0.3, -0.25) is 4.79 Å². The summed E-state index contributed by atoms with van der Waals surface area (Å²) in [6.07, 6.45) is 0. The van der Waals surface area contributed by atoms with Gasteiger partial charge in [0.15, 0.2) is 18.2 Å². The molecule has 1 aromatic rings. The number of nitrogens with one attached hydrogen (secondary N) is 1. The number of hydrogen-bond acceptors (Lipinski definition) is 3. The molecule has 0 aromatic heterocycles. The highest BCUT2D eigenvalue weighted by molar-refractivity contribution is 5.85. The van der Waals surface area contributed by atoms with Crippen LogP contribution in [0.1, 0.15) is 5.56 Å². The minimum absolute atomic E-state index is 0. The van der Waals surface area contributed by atoms with Crippen LogP contribution in [-0.4, -0.2) is 43.6 Å². The summed E-state index contributed by atoms with van der Waals surface area (Å²) in [7, 11) is 0. The second kappa shape index (κ2) is 7.31. The molecule has 19 heavy (non-hydrogen) atoms. The SMILES string of the molecule is Cc1ccc(F)c(OCC(=O)N2CCNCC2)c1.Cl. The number of amides is 1. The third-order valence-corrected chi connectivity index (χ3v) is 2.91. The fraction of sp³-hybridized carbons (Fsp3) is 0.462. The Hall–Kier alpha value is -1.33. The number of benzene rings is 1. The van der Waals surface area contributed by atoms with Crippen LogP contribution >= 0.6 is 12.4 Å². The van der Waals surface area contributed by atoms with Crippen molar-refractivity contribution in [3.05, 3.63) is 29.6 Å². The lowest BCUT2D eigenvalue weighted by molar-refractivity contribution is -0.133. The highest BCUT2D eigenvalue weighted by atomic mass is 35.5. The first-order valence-electron chi connectivity index (χ1n) is 6.04. The molecule has 4 nitrogen and oxygen atoms in total. The molecule has 1 aliphatic heterocycles. The molecular formula is C13H18ClFN2O2. The molecule has 0 spiro atoms. The van der Waals surface area contributed by atoms with Gasteiger partial charge in [0.05, 0.1) is 0 Å². The molecule has 6 heteroatoms. The molecule has 1 aromatic carbocycles. The molecule has 1 amide bonds. The van der Waals surface area contributed by atoms with Gasteiger partial charge in [0.25, 0.3) is 5.91 Å². The van der Waals surface area contributed by atoms with E-state index in [2.05, 4.69) is 5.32 Å². The molecule has 1 fully saturated rings. The fourth-order valence-corrected chi connectivity index (χ4v) is 1.87. The van der Waals surface area contributed by atoms with Crippen LogP contribution in [0.15, 0.2) is 18.2 Å². The molecule has 106 valence electrons. The topological polar surface area (TPSA) is 41.6 Å². The summed E-state index contributed by atoms with van der Waals surface area (Å²) < 4.78 is 18.6. The number of ether oxygens (including phenoxy) is 1. The molecule has 1 aliphatic rings. The first-order valence-corrected chi connectivity index (χ1v) is 6.04. The zero-order valence-corrected chi connectivity index (χ0v) is 11.6. The Kier molecular flexibility index (Phi) is 6.05. The Morgan fingerprint density at radius 3 is 2.79 bits per heavy atom. The Balaban J connectivity index is 0.00000180. The Labute approximate surface area is 118 Å². The maximum absolute atomic E-state index is 13.4. The van der Waals surface area contributed by atoms with Crippen LogP contribution in [0, 0.1) is 12.7 Å². The number of rotatable bonds is 3. The molecular weight excluding hydrogens is 271 g/mol. The van der Waals surface area contributed by atoms with Crippen LogP contribution in [0.4, 0.5) is 4.39 Å². The normalized spacial score (nSPS) is 14.7. The molecule has 0 bridgehead atoms. The van der Waals surface area contributed by atoms with Gasteiger partial charge < -0.3 is 15.0 Å². The average molecular weight is 289 g/mol. The zero-order chi connectivity index (χ0) is 13.0. The standard InChI is InChI=1S/C13H17FN2O2.ClH/c1-10-2-3-11(14)12(8-10)18-9-13(17)16-6-4-15-5-7-16;/h2-3,8,15H,4-7,9H2,1H3;1H. The van der Waals surface area contributed by atoms with Gasteiger partial charge in [-0.25, -0.2) is 4.39 Å². The summed E-state index contributed by atoms with van der Waals surface area (Å²) >= 11 is 0. The summed E-state index contributed by atoms with van der Waals surface area (Å²) in [5.74, 6) is -0.399. The van der Waals surface area contributed by atoms with Crippen molar-refractivity contribution in [1.82, 2.24) is 10.2 Å². The van der Waals surface area contributed by atoms with E-state index in [0.717, 1.165) is 18.7 Å². The van der Waals surface area contributed by atoms with E-state index < -0.39 is 5.82 Å². The number of carbonyl (C=O) groups is 1. The smallest absolute Gasteiger partial charge is 0.260 e. The Bertz CT molecular complexity index is 437. The summed E-state index contributed by atoms with van der Waals surface area (Å²) in [6.45, 7) is 4.69. The largest absolute Gasteiger partial charge is 0.481 e. The van der Waals surface area contributed by atoms with Gasteiger partial charge in [-0.05, 0) is 24.6 Å². The third kappa shape index (κ3) is 4.36. The third-order valence-electron chi connectivity index (χ3n) is 2.91. The lowest BCUT2D eigenvalue weighted by Crippen LogP contribution is -2.47. The molecule has 0 saturated carbocycles. The van der Waals surface area contributed by atoms with Gasteiger partial charge in [-0.15, -0.1) is 12.4 Å². The zero-order valence-electron chi connectivity index (χ0n) is 10.8. The number of nitrogens with zero attached hydrogens (tertiary/aromatic N) is 1. The van der Waals surface area contributed by atoms with Crippen LogP contribution in [0.5, 0.6) is 5.75 Å². The predicted octanol–water partition coefficient (Wildman–Crippen LogP) is 1.37. The number of aryl methyl sites for hydroxylation is 1. The number of carbonyl (C=O) groups excluding carboxylic acids is 1. The van der Waals surface area contributed by atoms with Crippen molar-refractivity contribution in [2.24, 2.45) is 0 Å². The van der Waals surface area contributed by atoms with Crippen molar-refractivity contribution in [1.29, 1.82) is 0 Å². The van der Waals surface area contributed by atoms with Crippen LogP contribution in [0.3, 0.4) is 0 Å². The highest BCUT2D eigenvalue weighted by Crippen LogP contribution is 2.18. The molecule has 1 saturated heterocycles. The first kappa shape index (κ1) is 15.7. The monoisotopic (exact) mass is 288 g/mol. The summed E-state index contributed by atoms with van der Waals surface area (Å²) in [5.41, 5.74) is 0.904. The van der Waals surface area contributed by atoms with Gasteiger partial charge in [0.2, 0.25) is 0 Å². The van der Waals surface area contributed by atoms with Crippen molar-refractivity contribution in [2.45, 2.75) is 6.92 Å². The average Bonchev–Trinajstić information content (AvgIpc) is 2.40. The maximum Gasteiger partial charge on any atom is 0.260 e. The highest BCUT2D eigenvalue weighted by Gasteiger charge is 2.17. The molecule has 1 heterocycles. The van der Waals surface area contributed by atoms with E-state index in [1.54, 1.807) is 17.0 Å². The van der Waals surface area contributed by atoms with Crippen molar-refractivity contribution in [2.75, 3.05) is 32.8 Å². The van der Waals surface area contributed by atoms with Crippen molar-refractivity contribution < 1.29 is 13.9 Å². The van der Waals surface area contributed by atoms with E-state index in [9.17, 15) is 9.18 Å². The quantitative estimate of drug-likeness (QED) is 0.913. The molecule has 1 N–H and O–H groups in total. The van der Waals surface area contributed by atoms with Gasteiger partial charge in [0.1, 0.15) is 0 Å². The van der Waals surface area contributed by atoms with Crippen molar-refractivity contribution in [3.8, 4) is 5.75 Å². The second-order valence-electron chi connectivity index (χ2n) is 4.35. The van der Waals surface area contributed by atoms with E-state index >= 15 is 0 Å². The van der Waals surface area contributed by atoms with Gasteiger partial charge >= 0.3 is 0 Å². The van der Waals surface area contributed by atoms with E-state index in [-0.39, 0.29) is 30.7 Å². The fourth-order valence-electron chi connectivity index (χ4n) is 1.87. The second-order valence-corrected chi connectivity index (χ2v) is 4.35. The lowest BCUT2D eigenvalue weighted by Gasteiger charge is -2.27. The molecule has 0 unspecified atom stereocenters. The van der Waals surface area contributed by atoms with Crippen molar-refractivity contribution in [3.63, 3.8) is 0 Å². The van der Waals surface area contributed by atoms with Crippen LogP contribution in [0.25, 0.3) is 0 Å². The number of hydrogen-bond donors (Lipinski definition) is 1. The van der Waals surface area contributed by atoms with E-state index in [1.165, 1.54) is 6.07 Å². The van der Waals surface area contributed by atoms with Gasteiger partial charge in [-0.2, -0.15) is 0 Å². The summed E-state index contributed by atoms with van der Waals surface area (Å²) in [5, 5.41) is 3.17. The van der Waals surface area contributed by atoms with Gasteiger partial charge in [0, 0.05) is 26.2 Å². The molecule has 0 aliphatic carbocycles.